The van der Waals surface area contributed by atoms with Crippen molar-refractivity contribution in [3.05, 3.63) is 52.5 Å². The summed E-state index contributed by atoms with van der Waals surface area (Å²) in [5.74, 6) is -0.244. The number of hydrogen-bond donors (Lipinski definition) is 2. The summed E-state index contributed by atoms with van der Waals surface area (Å²) in [4.78, 5) is 3.94. The molecule has 5 heteroatoms. The van der Waals surface area contributed by atoms with E-state index in [4.69, 9.17) is 5.73 Å². The van der Waals surface area contributed by atoms with E-state index in [-0.39, 0.29) is 5.82 Å². The van der Waals surface area contributed by atoms with Crippen LogP contribution in [0.15, 0.2) is 41.1 Å². The number of pyridine rings is 1. The predicted molar refractivity (Wildman–Crippen MR) is 70.1 cm³/mol. The monoisotopic (exact) mass is 295 g/mol. The van der Waals surface area contributed by atoms with Crippen molar-refractivity contribution >= 4 is 27.3 Å². The zero-order chi connectivity index (χ0) is 12.3. The van der Waals surface area contributed by atoms with Crippen LogP contribution in [0.3, 0.4) is 0 Å². The maximum absolute atomic E-state index is 13.0. The molecule has 0 fully saturated rings. The van der Waals surface area contributed by atoms with Crippen molar-refractivity contribution in [3.8, 4) is 0 Å². The highest BCUT2D eigenvalue weighted by molar-refractivity contribution is 9.10. The second-order valence-corrected chi connectivity index (χ2v) is 4.42. The second-order valence-electron chi connectivity index (χ2n) is 3.57. The third kappa shape index (κ3) is 2.94. The summed E-state index contributed by atoms with van der Waals surface area (Å²) in [5.41, 5.74) is 7.96. The van der Waals surface area contributed by atoms with E-state index in [1.165, 1.54) is 12.1 Å². The van der Waals surface area contributed by atoms with Crippen LogP contribution < -0.4 is 11.1 Å². The summed E-state index contributed by atoms with van der Waals surface area (Å²) in [6.45, 7) is 0.505. The molecule has 0 aliphatic heterocycles. The van der Waals surface area contributed by atoms with Gasteiger partial charge in [0.05, 0.1) is 22.0 Å². The first-order valence-corrected chi connectivity index (χ1v) is 5.83. The molecular weight excluding hydrogens is 285 g/mol. The molecular formula is C12H11BrFN3. The normalized spacial score (nSPS) is 10.2. The summed E-state index contributed by atoms with van der Waals surface area (Å²) in [7, 11) is 0. The fourth-order valence-corrected chi connectivity index (χ4v) is 1.96. The van der Waals surface area contributed by atoms with Crippen molar-refractivity contribution < 1.29 is 4.39 Å². The summed E-state index contributed by atoms with van der Waals surface area (Å²) in [5, 5.41) is 3.15. The summed E-state index contributed by atoms with van der Waals surface area (Å²) in [6, 6.07) is 6.43. The first kappa shape index (κ1) is 11.9. The van der Waals surface area contributed by atoms with E-state index in [1.807, 2.05) is 6.07 Å². The van der Waals surface area contributed by atoms with Crippen LogP contribution in [0.1, 0.15) is 5.56 Å². The Labute approximate surface area is 107 Å². The van der Waals surface area contributed by atoms with Crippen molar-refractivity contribution in [2.75, 3.05) is 11.1 Å². The van der Waals surface area contributed by atoms with E-state index in [0.717, 1.165) is 15.7 Å². The number of nitrogens with zero attached hydrogens (tertiary/aromatic N) is 1. The average molecular weight is 296 g/mol. The molecule has 1 aromatic heterocycles. The van der Waals surface area contributed by atoms with Gasteiger partial charge in [-0.3, -0.25) is 4.98 Å². The van der Waals surface area contributed by atoms with Gasteiger partial charge in [-0.25, -0.2) is 4.39 Å². The molecule has 0 bridgehead atoms. The van der Waals surface area contributed by atoms with Gasteiger partial charge in [0.25, 0.3) is 0 Å². The molecule has 1 heterocycles. The number of anilines is 2. The lowest BCUT2D eigenvalue weighted by atomic mass is 10.2. The molecule has 0 spiro atoms. The molecule has 0 amide bonds. The molecule has 0 saturated heterocycles. The minimum absolute atomic E-state index is 0.244. The van der Waals surface area contributed by atoms with Crippen LogP contribution in [0.5, 0.6) is 0 Å². The average Bonchev–Trinajstić information content (AvgIpc) is 2.28. The van der Waals surface area contributed by atoms with E-state index in [0.29, 0.717) is 12.2 Å². The number of rotatable bonds is 3. The van der Waals surface area contributed by atoms with Gasteiger partial charge in [0.15, 0.2) is 0 Å². The molecule has 0 saturated carbocycles. The van der Waals surface area contributed by atoms with Gasteiger partial charge >= 0.3 is 0 Å². The number of nitrogen functional groups attached to an aromatic ring is 1. The Balaban J connectivity index is 2.13. The minimum Gasteiger partial charge on any atom is -0.396 e. The predicted octanol–water partition coefficient (Wildman–Crippen LogP) is 3.18. The Morgan fingerprint density at radius 1 is 1.35 bits per heavy atom. The third-order valence-corrected chi connectivity index (χ3v) is 2.89. The van der Waals surface area contributed by atoms with Gasteiger partial charge in [-0.2, -0.15) is 0 Å². The lowest BCUT2D eigenvalue weighted by Gasteiger charge is -2.10. The molecule has 0 aliphatic carbocycles. The van der Waals surface area contributed by atoms with Crippen LogP contribution in [-0.4, -0.2) is 4.98 Å². The number of halogens is 2. The Morgan fingerprint density at radius 2 is 2.18 bits per heavy atom. The van der Waals surface area contributed by atoms with Crippen molar-refractivity contribution in [2.45, 2.75) is 6.54 Å². The van der Waals surface area contributed by atoms with Gasteiger partial charge in [-0.05, 0) is 33.6 Å². The second kappa shape index (κ2) is 5.14. The van der Waals surface area contributed by atoms with Gasteiger partial charge in [0, 0.05) is 12.7 Å². The van der Waals surface area contributed by atoms with Gasteiger partial charge < -0.3 is 11.1 Å². The van der Waals surface area contributed by atoms with Crippen LogP contribution in [0, 0.1) is 5.82 Å². The van der Waals surface area contributed by atoms with E-state index >= 15 is 0 Å². The molecule has 3 N–H and O–H groups in total. The molecule has 88 valence electrons. The van der Waals surface area contributed by atoms with Crippen LogP contribution in [0.2, 0.25) is 0 Å². The Kier molecular flexibility index (Phi) is 3.58. The molecule has 0 aliphatic rings. The van der Waals surface area contributed by atoms with E-state index < -0.39 is 0 Å². The number of aromatic nitrogens is 1. The number of nitrogens with one attached hydrogen (secondary N) is 1. The van der Waals surface area contributed by atoms with E-state index in [1.54, 1.807) is 18.5 Å². The van der Waals surface area contributed by atoms with E-state index in [9.17, 15) is 4.39 Å². The number of hydrogen-bond acceptors (Lipinski definition) is 3. The fraction of sp³-hybridized carbons (Fsp3) is 0.0833. The zero-order valence-electron chi connectivity index (χ0n) is 8.95. The summed E-state index contributed by atoms with van der Waals surface area (Å²) in [6.07, 6.45) is 3.23. The molecule has 0 atom stereocenters. The van der Waals surface area contributed by atoms with Gasteiger partial charge in [0.2, 0.25) is 0 Å². The summed E-state index contributed by atoms with van der Waals surface area (Å²) < 4.78 is 13.8. The maximum Gasteiger partial charge on any atom is 0.123 e. The van der Waals surface area contributed by atoms with Crippen molar-refractivity contribution in [2.24, 2.45) is 0 Å². The topological polar surface area (TPSA) is 50.9 Å². The smallest absolute Gasteiger partial charge is 0.123 e. The van der Waals surface area contributed by atoms with Gasteiger partial charge in [-0.1, -0.05) is 12.1 Å². The molecule has 2 aromatic rings. The zero-order valence-corrected chi connectivity index (χ0v) is 10.5. The minimum atomic E-state index is -0.244. The van der Waals surface area contributed by atoms with Crippen molar-refractivity contribution in [1.82, 2.24) is 4.98 Å². The highest BCUT2D eigenvalue weighted by Crippen LogP contribution is 2.27. The molecule has 1 aromatic carbocycles. The lowest BCUT2D eigenvalue weighted by molar-refractivity contribution is 0.626. The first-order valence-electron chi connectivity index (χ1n) is 5.04. The lowest BCUT2D eigenvalue weighted by Crippen LogP contribution is -2.04. The largest absolute Gasteiger partial charge is 0.396 e. The Morgan fingerprint density at radius 3 is 2.88 bits per heavy atom. The summed E-state index contributed by atoms with van der Waals surface area (Å²) >= 11 is 3.36. The van der Waals surface area contributed by atoms with Crippen LogP contribution in [0.4, 0.5) is 15.8 Å². The standard InChI is InChI=1S/C12H11BrFN3/c13-10-6-16-7-11(15)12(10)17-5-8-2-1-3-9(14)4-8/h1-4,6-7H,5,15H2,(H,16,17). The molecule has 0 unspecified atom stereocenters. The van der Waals surface area contributed by atoms with Gasteiger partial charge in [-0.15, -0.1) is 0 Å². The van der Waals surface area contributed by atoms with Gasteiger partial charge in [0.1, 0.15) is 5.82 Å². The number of benzene rings is 1. The van der Waals surface area contributed by atoms with Crippen molar-refractivity contribution in [1.29, 1.82) is 0 Å². The van der Waals surface area contributed by atoms with Crippen LogP contribution in [0.25, 0.3) is 0 Å². The van der Waals surface area contributed by atoms with Crippen LogP contribution >= 0.6 is 15.9 Å². The molecule has 17 heavy (non-hydrogen) atoms. The van der Waals surface area contributed by atoms with E-state index in [2.05, 4.69) is 26.2 Å². The quantitative estimate of drug-likeness (QED) is 0.914. The SMILES string of the molecule is Nc1cncc(Br)c1NCc1cccc(F)c1. The number of nitrogens with two attached hydrogens (primary N) is 1. The maximum atomic E-state index is 13.0. The fourth-order valence-electron chi connectivity index (χ4n) is 1.47. The van der Waals surface area contributed by atoms with Crippen LogP contribution in [-0.2, 0) is 6.54 Å². The molecule has 2 rings (SSSR count). The highest BCUT2D eigenvalue weighted by Gasteiger charge is 2.04. The molecule has 0 radical (unpaired) electrons. The van der Waals surface area contributed by atoms with Crippen molar-refractivity contribution in [3.63, 3.8) is 0 Å². The third-order valence-electron chi connectivity index (χ3n) is 2.29. The first-order chi connectivity index (χ1) is 8.16. The molecule has 3 nitrogen and oxygen atoms in total. The Hall–Kier alpha value is -1.62. The highest BCUT2D eigenvalue weighted by atomic mass is 79.9. The Bertz CT molecular complexity index is 511.